The minimum atomic E-state index is 0. The third kappa shape index (κ3) is 3.88. The van der Waals surface area contributed by atoms with Crippen molar-refractivity contribution in [3.8, 4) is 0 Å². The zero-order valence-electron chi connectivity index (χ0n) is 10.6. The Balaban J connectivity index is 0.00000144. The molecule has 0 N–H and O–H groups in total. The largest absolute Gasteiger partial charge is 0.299 e. The lowest BCUT2D eigenvalue weighted by molar-refractivity contribution is 0.209. The third-order valence-electron chi connectivity index (χ3n) is 3.11. The first-order valence-corrected chi connectivity index (χ1v) is 8.14. The van der Waals surface area contributed by atoms with Crippen molar-refractivity contribution in [2.45, 2.75) is 43.4 Å². The molecule has 1 aliphatic heterocycles. The van der Waals surface area contributed by atoms with Crippen LogP contribution >= 0.6 is 35.5 Å². The van der Waals surface area contributed by atoms with Crippen molar-refractivity contribution in [3.05, 3.63) is 17.0 Å². The Labute approximate surface area is 119 Å². The molecular formula is C13H22ClNS2. The molecule has 98 valence electrons. The number of thioether (sulfide) groups is 1. The van der Waals surface area contributed by atoms with E-state index in [4.69, 9.17) is 0 Å². The normalized spacial score (nSPS) is 18.9. The molecule has 0 aliphatic carbocycles. The Morgan fingerprint density at radius 1 is 1.29 bits per heavy atom. The summed E-state index contributed by atoms with van der Waals surface area (Å²) in [7, 11) is 0. The van der Waals surface area contributed by atoms with Gasteiger partial charge in [0.1, 0.15) is 0 Å². The summed E-state index contributed by atoms with van der Waals surface area (Å²) in [5.74, 6) is 1.29. The molecule has 1 nitrogen and oxygen atoms in total. The fourth-order valence-electron chi connectivity index (χ4n) is 2.37. The molecular weight excluding hydrogens is 270 g/mol. The van der Waals surface area contributed by atoms with Crippen LogP contribution in [-0.4, -0.2) is 29.8 Å². The summed E-state index contributed by atoms with van der Waals surface area (Å²) >= 11 is 3.97. The van der Waals surface area contributed by atoms with Crippen LogP contribution in [0.15, 0.2) is 15.7 Å². The third-order valence-corrected chi connectivity index (χ3v) is 5.57. The number of rotatable bonds is 5. The second kappa shape index (κ2) is 7.67. The second-order valence-corrected chi connectivity index (χ2v) is 6.64. The Bertz CT molecular complexity index is 321. The van der Waals surface area contributed by atoms with E-state index in [1.54, 1.807) is 9.77 Å². The van der Waals surface area contributed by atoms with E-state index in [9.17, 15) is 0 Å². The lowest BCUT2D eigenvalue weighted by atomic mass is 10.1. The van der Waals surface area contributed by atoms with E-state index in [1.165, 1.54) is 38.1 Å². The number of halogens is 1. The van der Waals surface area contributed by atoms with Gasteiger partial charge in [0.2, 0.25) is 0 Å². The van der Waals surface area contributed by atoms with Crippen molar-refractivity contribution < 1.29 is 0 Å². The van der Waals surface area contributed by atoms with E-state index in [2.05, 4.69) is 42.0 Å². The number of hydrogen-bond donors (Lipinski definition) is 0. The maximum atomic E-state index is 2.69. The molecule has 1 aliphatic rings. The van der Waals surface area contributed by atoms with Crippen molar-refractivity contribution in [1.82, 2.24) is 4.90 Å². The molecule has 2 rings (SSSR count). The van der Waals surface area contributed by atoms with E-state index >= 15 is 0 Å². The summed E-state index contributed by atoms with van der Waals surface area (Å²) in [6.45, 7) is 7.10. The molecule has 1 atom stereocenters. The molecule has 0 saturated heterocycles. The van der Waals surface area contributed by atoms with Gasteiger partial charge in [-0.3, -0.25) is 4.90 Å². The standard InChI is InChI=1S/C13H21NS2.ClH/c1-3-6-14(7-4-2)12-9-11-5-8-15-13(11)16-10-12;/h5,8,12H,3-4,6-7,9-10H2,1-2H3;1H. The second-order valence-electron chi connectivity index (χ2n) is 4.44. The van der Waals surface area contributed by atoms with Gasteiger partial charge in [0, 0.05) is 11.8 Å². The molecule has 0 aromatic carbocycles. The quantitative estimate of drug-likeness (QED) is 0.795. The van der Waals surface area contributed by atoms with Gasteiger partial charge in [-0.05, 0) is 49.4 Å². The molecule has 0 radical (unpaired) electrons. The van der Waals surface area contributed by atoms with E-state index in [1.807, 2.05) is 11.3 Å². The van der Waals surface area contributed by atoms with Gasteiger partial charge in [-0.1, -0.05) is 13.8 Å². The number of nitrogens with zero attached hydrogens (tertiary/aromatic N) is 1. The highest BCUT2D eigenvalue weighted by atomic mass is 35.5. The summed E-state index contributed by atoms with van der Waals surface area (Å²) in [6.07, 6.45) is 3.82. The molecule has 0 spiro atoms. The van der Waals surface area contributed by atoms with Crippen molar-refractivity contribution in [2.24, 2.45) is 0 Å². The van der Waals surface area contributed by atoms with Gasteiger partial charge in [-0.25, -0.2) is 0 Å². The molecule has 2 heterocycles. The highest BCUT2D eigenvalue weighted by Crippen LogP contribution is 2.36. The molecule has 1 aromatic rings. The van der Waals surface area contributed by atoms with Gasteiger partial charge >= 0.3 is 0 Å². The summed E-state index contributed by atoms with van der Waals surface area (Å²) in [4.78, 5) is 2.69. The zero-order valence-corrected chi connectivity index (χ0v) is 13.1. The fraction of sp³-hybridized carbons (Fsp3) is 0.692. The SMILES string of the molecule is CCCN(CCC)C1CSc2sccc2C1.Cl. The van der Waals surface area contributed by atoms with E-state index < -0.39 is 0 Å². The molecule has 0 saturated carbocycles. The van der Waals surface area contributed by atoms with Crippen LogP contribution < -0.4 is 0 Å². The maximum absolute atomic E-state index is 2.69. The Morgan fingerprint density at radius 2 is 2.00 bits per heavy atom. The average Bonchev–Trinajstić information content (AvgIpc) is 2.75. The van der Waals surface area contributed by atoms with E-state index in [0.717, 1.165) is 6.04 Å². The average molecular weight is 292 g/mol. The Kier molecular flexibility index (Phi) is 6.93. The number of thiophene rings is 1. The summed E-state index contributed by atoms with van der Waals surface area (Å²) in [6, 6.07) is 3.09. The van der Waals surface area contributed by atoms with Crippen LogP contribution in [0.4, 0.5) is 0 Å². The molecule has 0 amide bonds. The molecule has 1 unspecified atom stereocenters. The van der Waals surface area contributed by atoms with Crippen molar-refractivity contribution in [3.63, 3.8) is 0 Å². The van der Waals surface area contributed by atoms with Crippen LogP contribution in [0.3, 0.4) is 0 Å². The maximum Gasteiger partial charge on any atom is 0.0631 e. The molecule has 0 fully saturated rings. The summed E-state index contributed by atoms with van der Waals surface area (Å²) in [5, 5.41) is 2.24. The number of hydrogen-bond acceptors (Lipinski definition) is 3. The van der Waals surface area contributed by atoms with Gasteiger partial charge < -0.3 is 0 Å². The molecule has 0 bridgehead atoms. The van der Waals surface area contributed by atoms with Crippen LogP contribution in [0, 0.1) is 0 Å². The lowest BCUT2D eigenvalue weighted by Gasteiger charge is -2.33. The van der Waals surface area contributed by atoms with Crippen LogP contribution in [0.1, 0.15) is 32.3 Å². The van der Waals surface area contributed by atoms with Crippen molar-refractivity contribution in [2.75, 3.05) is 18.8 Å². The predicted octanol–water partition coefficient (Wildman–Crippen LogP) is 4.31. The fourth-order valence-corrected chi connectivity index (χ4v) is 4.68. The van der Waals surface area contributed by atoms with Crippen molar-refractivity contribution >= 4 is 35.5 Å². The van der Waals surface area contributed by atoms with Crippen LogP contribution in [0.5, 0.6) is 0 Å². The number of fused-ring (bicyclic) bond motifs is 1. The topological polar surface area (TPSA) is 3.24 Å². The van der Waals surface area contributed by atoms with Gasteiger partial charge in [-0.2, -0.15) is 0 Å². The molecule has 1 aromatic heterocycles. The Morgan fingerprint density at radius 3 is 2.65 bits per heavy atom. The zero-order chi connectivity index (χ0) is 11.4. The van der Waals surface area contributed by atoms with E-state index in [-0.39, 0.29) is 12.4 Å². The summed E-state index contributed by atoms with van der Waals surface area (Å²) in [5.41, 5.74) is 1.59. The van der Waals surface area contributed by atoms with Crippen LogP contribution in [0.2, 0.25) is 0 Å². The molecule has 4 heteroatoms. The van der Waals surface area contributed by atoms with Gasteiger partial charge in [0.15, 0.2) is 0 Å². The highest BCUT2D eigenvalue weighted by molar-refractivity contribution is 8.01. The minimum Gasteiger partial charge on any atom is -0.299 e. The smallest absolute Gasteiger partial charge is 0.0631 e. The predicted molar refractivity (Wildman–Crippen MR) is 81.9 cm³/mol. The van der Waals surface area contributed by atoms with Crippen LogP contribution in [-0.2, 0) is 6.42 Å². The van der Waals surface area contributed by atoms with E-state index in [0.29, 0.717) is 0 Å². The lowest BCUT2D eigenvalue weighted by Crippen LogP contribution is -2.41. The highest BCUT2D eigenvalue weighted by Gasteiger charge is 2.24. The van der Waals surface area contributed by atoms with Gasteiger partial charge in [0.25, 0.3) is 0 Å². The van der Waals surface area contributed by atoms with Crippen LogP contribution in [0.25, 0.3) is 0 Å². The summed E-state index contributed by atoms with van der Waals surface area (Å²) < 4.78 is 1.56. The Hall–Kier alpha value is 0.300. The van der Waals surface area contributed by atoms with Gasteiger partial charge in [-0.15, -0.1) is 35.5 Å². The first kappa shape index (κ1) is 15.4. The van der Waals surface area contributed by atoms with Crippen molar-refractivity contribution in [1.29, 1.82) is 0 Å². The molecule has 17 heavy (non-hydrogen) atoms. The van der Waals surface area contributed by atoms with Gasteiger partial charge in [0.05, 0.1) is 4.21 Å². The first-order valence-electron chi connectivity index (χ1n) is 6.28. The monoisotopic (exact) mass is 291 g/mol. The minimum absolute atomic E-state index is 0. The first-order chi connectivity index (χ1) is 7.85.